The maximum Gasteiger partial charge on any atom is 0.224 e. The van der Waals surface area contributed by atoms with Crippen molar-refractivity contribution in [2.24, 2.45) is 5.92 Å². The first-order valence-electron chi connectivity index (χ1n) is 8.54. The number of nitrogens with one attached hydrogen (secondary N) is 2. The number of carbonyl (C=O) groups is 1. The summed E-state index contributed by atoms with van der Waals surface area (Å²) in [5.41, 5.74) is 1.67. The third-order valence-electron chi connectivity index (χ3n) is 4.64. The SMILES string of the molecule is O=C(CCC1CCN(Cc2cnc[nH]2)CC1)Nc1ccc(F)c(Cl)c1. The smallest absolute Gasteiger partial charge is 0.224 e. The molecule has 134 valence electrons. The van der Waals surface area contributed by atoms with E-state index in [0.717, 1.165) is 44.6 Å². The summed E-state index contributed by atoms with van der Waals surface area (Å²) in [6, 6.07) is 4.21. The number of anilines is 1. The Labute approximate surface area is 151 Å². The lowest BCUT2D eigenvalue weighted by molar-refractivity contribution is -0.116. The first-order chi connectivity index (χ1) is 12.1. The van der Waals surface area contributed by atoms with Crippen LogP contribution in [0.2, 0.25) is 5.02 Å². The Kier molecular flexibility index (Phi) is 6.04. The van der Waals surface area contributed by atoms with Gasteiger partial charge >= 0.3 is 0 Å². The summed E-state index contributed by atoms with van der Waals surface area (Å²) in [5.74, 6) is 0.0321. The van der Waals surface area contributed by atoms with Gasteiger partial charge in [-0.05, 0) is 56.5 Å². The molecule has 3 rings (SSSR count). The number of H-pyrrole nitrogens is 1. The normalized spacial score (nSPS) is 16.1. The number of rotatable bonds is 6. The molecule has 1 saturated heterocycles. The molecular formula is C18H22ClFN4O. The minimum atomic E-state index is -0.485. The Bertz CT molecular complexity index is 699. The molecule has 0 atom stereocenters. The van der Waals surface area contributed by atoms with E-state index >= 15 is 0 Å². The molecule has 7 heteroatoms. The van der Waals surface area contributed by atoms with Crippen LogP contribution < -0.4 is 5.32 Å². The second kappa shape index (κ2) is 8.45. The number of likely N-dealkylation sites (tertiary alicyclic amines) is 1. The molecule has 1 aliphatic heterocycles. The zero-order valence-electron chi connectivity index (χ0n) is 14.0. The number of aromatic amines is 1. The van der Waals surface area contributed by atoms with E-state index in [0.29, 0.717) is 18.0 Å². The van der Waals surface area contributed by atoms with Crippen molar-refractivity contribution < 1.29 is 9.18 Å². The van der Waals surface area contributed by atoms with Gasteiger partial charge < -0.3 is 10.3 Å². The second-order valence-electron chi connectivity index (χ2n) is 6.51. The van der Waals surface area contributed by atoms with Crippen LogP contribution in [0.3, 0.4) is 0 Å². The molecule has 0 aliphatic carbocycles. The van der Waals surface area contributed by atoms with Crippen LogP contribution in [0.25, 0.3) is 0 Å². The number of imidazole rings is 1. The Hall–Kier alpha value is -1.92. The molecule has 25 heavy (non-hydrogen) atoms. The number of carbonyl (C=O) groups excluding carboxylic acids is 1. The van der Waals surface area contributed by atoms with Crippen LogP contribution in [-0.2, 0) is 11.3 Å². The molecule has 1 aromatic carbocycles. The van der Waals surface area contributed by atoms with Crippen LogP contribution in [0.15, 0.2) is 30.7 Å². The van der Waals surface area contributed by atoms with Crippen molar-refractivity contribution in [2.45, 2.75) is 32.2 Å². The van der Waals surface area contributed by atoms with Crippen molar-refractivity contribution in [1.29, 1.82) is 0 Å². The number of halogens is 2. The minimum absolute atomic E-state index is 0.0161. The van der Waals surface area contributed by atoms with Gasteiger partial charge in [0.25, 0.3) is 0 Å². The van der Waals surface area contributed by atoms with Crippen molar-refractivity contribution >= 4 is 23.2 Å². The Morgan fingerprint density at radius 3 is 2.88 bits per heavy atom. The number of hydrogen-bond donors (Lipinski definition) is 2. The van der Waals surface area contributed by atoms with Crippen molar-refractivity contribution in [3.05, 3.63) is 47.3 Å². The molecule has 2 heterocycles. The zero-order chi connectivity index (χ0) is 17.6. The monoisotopic (exact) mass is 364 g/mol. The molecule has 2 aromatic rings. The first kappa shape index (κ1) is 17.9. The predicted molar refractivity (Wildman–Crippen MR) is 95.9 cm³/mol. The molecule has 1 aromatic heterocycles. The van der Waals surface area contributed by atoms with Gasteiger partial charge in [0.2, 0.25) is 5.91 Å². The van der Waals surface area contributed by atoms with E-state index in [1.165, 1.54) is 18.2 Å². The molecule has 0 radical (unpaired) electrons. The lowest BCUT2D eigenvalue weighted by atomic mass is 9.92. The number of hydrogen-bond acceptors (Lipinski definition) is 3. The molecule has 2 N–H and O–H groups in total. The van der Waals surface area contributed by atoms with Crippen LogP contribution in [0.1, 0.15) is 31.4 Å². The van der Waals surface area contributed by atoms with Crippen LogP contribution in [0, 0.1) is 11.7 Å². The number of nitrogens with zero attached hydrogens (tertiary/aromatic N) is 2. The van der Waals surface area contributed by atoms with Gasteiger partial charge in [0.05, 0.1) is 11.3 Å². The molecule has 0 saturated carbocycles. The van der Waals surface area contributed by atoms with E-state index in [2.05, 4.69) is 20.2 Å². The standard InChI is InChI=1S/C18H22ClFN4O/c19-16-9-14(2-3-17(16)20)23-18(25)4-1-13-5-7-24(8-6-13)11-15-10-21-12-22-15/h2-3,9-10,12-13H,1,4-8,11H2,(H,21,22)(H,23,25). The summed E-state index contributed by atoms with van der Waals surface area (Å²) in [6.07, 6.45) is 7.11. The van der Waals surface area contributed by atoms with E-state index in [4.69, 9.17) is 11.6 Å². The van der Waals surface area contributed by atoms with Crippen molar-refractivity contribution in [1.82, 2.24) is 14.9 Å². The van der Waals surface area contributed by atoms with Gasteiger partial charge in [0, 0.05) is 30.5 Å². The predicted octanol–water partition coefficient (Wildman–Crippen LogP) is 3.83. The maximum absolute atomic E-state index is 13.1. The van der Waals surface area contributed by atoms with Crippen molar-refractivity contribution in [2.75, 3.05) is 18.4 Å². The summed E-state index contributed by atoms with van der Waals surface area (Å²) < 4.78 is 13.1. The quantitative estimate of drug-likeness (QED) is 0.818. The zero-order valence-corrected chi connectivity index (χ0v) is 14.7. The van der Waals surface area contributed by atoms with E-state index in [-0.39, 0.29) is 10.9 Å². The fraction of sp³-hybridized carbons (Fsp3) is 0.444. The third-order valence-corrected chi connectivity index (χ3v) is 4.93. The summed E-state index contributed by atoms with van der Waals surface area (Å²) in [6.45, 7) is 2.98. The van der Waals surface area contributed by atoms with Crippen LogP contribution >= 0.6 is 11.6 Å². The topological polar surface area (TPSA) is 61.0 Å². The van der Waals surface area contributed by atoms with E-state index < -0.39 is 5.82 Å². The van der Waals surface area contributed by atoms with E-state index in [9.17, 15) is 9.18 Å². The average Bonchev–Trinajstić information content (AvgIpc) is 3.11. The molecule has 1 aliphatic rings. The Balaban J connectivity index is 1.37. The fourth-order valence-electron chi connectivity index (χ4n) is 3.18. The Morgan fingerprint density at radius 1 is 1.40 bits per heavy atom. The minimum Gasteiger partial charge on any atom is -0.347 e. The molecule has 1 fully saturated rings. The third kappa shape index (κ3) is 5.28. The number of piperidine rings is 1. The van der Waals surface area contributed by atoms with Gasteiger partial charge in [-0.3, -0.25) is 9.69 Å². The first-order valence-corrected chi connectivity index (χ1v) is 8.92. The molecule has 0 bridgehead atoms. The summed E-state index contributed by atoms with van der Waals surface area (Å²) in [5, 5.41) is 2.79. The highest BCUT2D eigenvalue weighted by molar-refractivity contribution is 6.31. The fourth-order valence-corrected chi connectivity index (χ4v) is 3.36. The molecule has 0 unspecified atom stereocenters. The van der Waals surface area contributed by atoms with Gasteiger partial charge in [-0.15, -0.1) is 0 Å². The van der Waals surface area contributed by atoms with Gasteiger partial charge in [-0.25, -0.2) is 9.37 Å². The average molecular weight is 365 g/mol. The number of benzene rings is 1. The van der Waals surface area contributed by atoms with Gasteiger partial charge in [0.15, 0.2) is 0 Å². The highest BCUT2D eigenvalue weighted by atomic mass is 35.5. The maximum atomic E-state index is 13.1. The van der Waals surface area contributed by atoms with E-state index in [1.54, 1.807) is 6.33 Å². The highest BCUT2D eigenvalue weighted by Crippen LogP contribution is 2.24. The summed E-state index contributed by atoms with van der Waals surface area (Å²) in [4.78, 5) is 21.6. The van der Waals surface area contributed by atoms with Gasteiger partial charge in [-0.1, -0.05) is 11.6 Å². The molecule has 0 spiro atoms. The van der Waals surface area contributed by atoms with Crippen molar-refractivity contribution in [3.8, 4) is 0 Å². The largest absolute Gasteiger partial charge is 0.347 e. The van der Waals surface area contributed by atoms with Gasteiger partial charge in [-0.2, -0.15) is 0 Å². The van der Waals surface area contributed by atoms with Crippen LogP contribution in [-0.4, -0.2) is 33.9 Å². The van der Waals surface area contributed by atoms with Crippen molar-refractivity contribution in [3.63, 3.8) is 0 Å². The molecule has 1 amide bonds. The highest BCUT2D eigenvalue weighted by Gasteiger charge is 2.20. The molecule has 5 nitrogen and oxygen atoms in total. The summed E-state index contributed by atoms with van der Waals surface area (Å²) >= 11 is 5.72. The lowest BCUT2D eigenvalue weighted by Crippen LogP contribution is -2.33. The summed E-state index contributed by atoms with van der Waals surface area (Å²) in [7, 11) is 0. The second-order valence-corrected chi connectivity index (χ2v) is 6.92. The van der Waals surface area contributed by atoms with Crippen LogP contribution in [0.5, 0.6) is 0 Å². The van der Waals surface area contributed by atoms with Gasteiger partial charge in [0.1, 0.15) is 5.82 Å². The number of amides is 1. The molecular weight excluding hydrogens is 343 g/mol. The number of aromatic nitrogens is 2. The Morgan fingerprint density at radius 2 is 2.20 bits per heavy atom. The van der Waals surface area contributed by atoms with Crippen LogP contribution in [0.4, 0.5) is 10.1 Å². The van der Waals surface area contributed by atoms with E-state index in [1.807, 2.05) is 6.20 Å². The lowest BCUT2D eigenvalue weighted by Gasteiger charge is -2.31.